The topological polar surface area (TPSA) is 130 Å². The maximum Gasteiger partial charge on any atom is 0.325 e. The summed E-state index contributed by atoms with van der Waals surface area (Å²) in [7, 11) is 2.01. The monoisotopic (exact) mass is 285 g/mol. The Bertz CT molecular complexity index is 380. The molecule has 7 nitrogen and oxygen atoms in total. The average molecular weight is 285 g/mol. The summed E-state index contributed by atoms with van der Waals surface area (Å²) in [5.41, 5.74) is 10.2. The highest BCUT2D eigenvalue weighted by molar-refractivity contribution is 6.08. The smallest absolute Gasteiger partial charge is 0.325 e. The third-order valence-electron chi connectivity index (χ3n) is 4.04. The van der Waals surface area contributed by atoms with Gasteiger partial charge >= 0.3 is 5.97 Å². The maximum absolute atomic E-state index is 12.1. The lowest BCUT2D eigenvalue weighted by atomic mass is 9.83. The first kappa shape index (κ1) is 16.9. The summed E-state index contributed by atoms with van der Waals surface area (Å²) >= 11 is 0. The van der Waals surface area contributed by atoms with Crippen molar-refractivity contribution in [3.8, 4) is 0 Å². The highest BCUT2D eigenvalue weighted by Gasteiger charge is 2.51. The summed E-state index contributed by atoms with van der Waals surface area (Å²) in [6.07, 6.45) is 1.48. The van der Waals surface area contributed by atoms with E-state index in [9.17, 15) is 19.8 Å². The molecule has 1 rings (SSSR count). The van der Waals surface area contributed by atoms with Crippen LogP contribution in [0.25, 0.3) is 0 Å². The van der Waals surface area contributed by atoms with Crippen molar-refractivity contribution in [2.45, 2.75) is 43.8 Å². The van der Waals surface area contributed by atoms with Gasteiger partial charge in [-0.2, -0.15) is 0 Å². The van der Waals surface area contributed by atoms with Gasteiger partial charge in [0.25, 0.3) is 0 Å². The molecule has 0 spiro atoms. The molecule has 0 aromatic heterocycles. The van der Waals surface area contributed by atoms with Crippen LogP contribution in [0.15, 0.2) is 0 Å². The molecule has 0 saturated carbocycles. The molecule has 20 heavy (non-hydrogen) atoms. The molecule has 1 aliphatic rings. The third kappa shape index (κ3) is 3.31. The molecule has 8 heteroatoms. The van der Waals surface area contributed by atoms with Gasteiger partial charge in [0, 0.05) is 19.0 Å². The van der Waals surface area contributed by atoms with Crippen molar-refractivity contribution in [1.82, 2.24) is 4.90 Å². The normalized spacial score (nSPS) is 29.2. The molecule has 114 valence electrons. The molecule has 0 aromatic carbocycles. The first-order valence-corrected chi connectivity index (χ1v) is 6.98. The number of nitrogens with two attached hydrogens (primary N) is 2. The number of carboxylic acids is 1. The first-order valence-electron chi connectivity index (χ1n) is 6.98. The molecule has 1 fully saturated rings. The van der Waals surface area contributed by atoms with Gasteiger partial charge in [-0.25, -0.2) is 0 Å². The number of carboxylic acid groups (broad SMARTS) is 1. The van der Waals surface area contributed by atoms with Crippen molar-refractivity contribution in [1.29, 1.82) is 0 Å². The van der Waals surface area contributed by atoms with E-state index in [1.54, 1.807) is 0 Å². The van der Waals surface area contributed by atoms with Gasteiger partial charge in [-0.05, 0) is 13.3 Å². The van der Waals surface area contributed by atoms with E-state index in [2.05, 4.69) is 0 Å². The Balaban J connectivity index is 2.84. The quantitative estimate of drug-likeness (QED) is 0.408. The van der Waals surface area contributed by atoms with E-state index >= 15 is 0 Å². The van der Waals surface area contributed by atoms with E-state index in [-0.39, 0.29) is 19.0 Å². The second-order valence-electron chi connectivity index (χ2n) is 5.67. The first-order chi connectivity index (χ1) is 9.24. The second kappa shape index (κ2) is 6.56. The Morgan fingerprint density at radius 2 is 2.15 bits per heavy atom. The summed E-state index contributed by atoms with van der Waals surface area (Å²) in [4.78, 5) is 24.9. The maximum atomic E-state index is 12.1. The fourth-order valence-electron chi connectivity index (χ4n) is 2.57. The minimum Gasteiger partial charge on any atom is -0.480 e. The van der Waals surface area contributed by atoms with Crippen LogP contribution in [0.4, 0.5) is 0 Å². The van der Waals surface area contributed by atoms with E-state index in [1.807, 2.05) is 7.85 Å². The minimum absolute atomic E-state index is 0.0596. The number of hydrogen-bond donors (Lipinski definition) is 4. The van der Waals surface area contributed by atoms with Crippen LogP contribution in [0.5, 0.6) is 0 Å². The van der Waals surface area contributed by atoms with Crippen molar-refractivity contribution in [2.75, 3.05) is 13.1 Å². The Kier molecular flexibility index (Phi) is 5.55. The number of likely N-dealkylation sites (tertiary alicyclic amines) is 1. The lowest BCUT2D eigenvalue weighted by Gasteiger charge is -2.25. The van der Waals surface area contributed by atoms with Crippen molar-refractivity contribution in [3.63, 3.8) is 0 Å². The summed E-state index contributed by atoms with van der Waals surface area (Å²) in [6.45, 7) is 1.65. The van der Waals surface area contributed by atoms with Crippen LogP contribution >= 0.6 is 0 Å². The zero-order valence-corrected chi connectivity index (χ0v) is 12.1. The van der Waals surface area contributed by atoms with Crippen LogP contribution in [0.3, 0.4) is 0 Å². The molecule has 0 unspecified atom stereocenters. The molecule has 1 amide bonds. The van der Waals surface area contributed by atoms with E-state index in [0.717, 1.165) is 12.7 Å². The zero-order chi connectivity index (χ0) is 15.5. The number of carbonyl (C=O) groups is 2. The van der Waals surface area contributed by atoms with Gasteiger partial charge in [0.2, 0.25) is 5.91 Å². The number of rotatable bonds is 6. The highest BCUT2D eigenvalue weighted by Crippen LogP contribution is 2.30. The van der Waals surface area contributed by atoms with Crippen LogP contribution in [0.1, 0.15) is 19.8 Å². The molecule has 0 aromatic rings. The predicted octanol–water partition coefficient (Wildman–Crippen LogP) is -2.23. The molecule has 6 N–H and O–H groups in total. The van der Waals surface area contributed by atoms with Crippen molar-refractivity contribution >= 4 is 19.7 Å². The molecule has 0 bridgehead atoms. The van der Waals surface area contributed by atoms with Crippen LogP contribution in [-0.2, 0) is 9.59 Å². The van der Waals surface area contributed by atoms with E-state index in [4.69, 9.17) is 11.5 Å². The number of hydrogen-bond acceptors (Lipinski definition) is 5. The van der Waals surface area contributed by atoms with Crippen LogP contribution in [0.2, 0.25) is 6.32 Å². The number of carbonyl (C=O) groups excluding carboxylic acids is 1. The second-order valence-corrected chi connectivity index (χ2v) is 5.67. The van der Waals surface area contributed by atoms with Crippen molar-refractivity contribution < 1.29 is 19.8 Å². The number of aliphatic hydroxyl groups is 1. The summed E-state index contributed by atoms with van der Waals surface area (Å²) in [5, 5.41) is 18.7. The molecule has 0 radical (unpaired) electrons. The average Bonchev–Trinajstić information content (AvgIpc) is 2.73. The lowest BCUT2D eigenvalue weighted by molar-refractivity contribution is -0.144. The summed E-state index contributed by atoms with van der Waals surface area (Å²) in [5.74, 6) is -1.83. The molecule has 1 saturated heterocycles. The minimum atomic E-state index is -1.43. The van der Waals surface area contributed by atoms with Crippen molar-refractivity contribution in [2.24, 2.45) is 17.4 Å². The molecule has 1 heterocycles. The molecular formula is C12H24BN3O4. The Hall–Kier alpha value is -1.12. The Morgan fingerprint density at radius 3 is 2.60 bits per heavy atom. The fourth-order valence-corrected chi connectivity index (χ4v) is 2.57. The van der Waals surface area contributed by atoms with Gasteiger partial charge in [-0.15, -0.1) is 0 Å². The standard InChI is InChI=1S/C12H24BN3O4/c1-7(17)9(14)10(18)16-5-8(3-2-4-13)12(15,6-16)11(19)20/h7-9,17H,2-6,13-15H2,1H3,(H,19,20)/t7-,8+,9+,12+/m1/s1. The SMILES string of the molecule is BCCC[C@H]1CN(C(=O)[C@@H](N)[C@@H](C)O)C[C@@]1(N)C(=O)O. The van der Waals surface area contributed by atoms with E-state index in [1.165, 1.54) is 11.8 Å². The van der Waals surface area contributed by atoms with Crippen LogP contribution in [-0.4, -0.2) is 65.6 Å². The number of amides is 1. The number of aliphatic hydroxyl groups excluding tert-OH is 1. The summed E-state index contributed by atoms with van der Waals surface area (Å²) < 4.78 is 0. The zero-order valence-electron chi connectivity index (χ0n) is 12.1. The van der Waals surface area contributed by atoms with Gasteiger partial charge in [-0.3, -0.25) is 9.59 Å². The Morgan fingerprint density at radius 1 is 1.55 bits per heavy atom. The molecule has 1 aliphatic heterocycles. The van der Waals surface area contributed by atoms with Gasteiger partial charge < -0.3 is 26.6 Å². The third-order valence-corrected chi connectivity index (χ3v) is 4.04. The van der Waals surface area contributed by atoms with Gasteiger partial charge in [0.05, 0.1) is 6.10 Å². The number of nitrogens with zero attached hydrogens (tertiary/aromatic N) is 1. The highest BCUT2D eigenvalue weighted by atomic mass is 16.4. The largest absolute Gasteiger partial charge is 0.480 e. The van der Waals surface area contributed by atoms with Crippen LogP contribution < -0.4 is 11.5 Å². The molecular weight excluding hydrogens is 261 g/mol. The summed E-state index contributed by atoms with van der Waals surface area (Å²) in [6, 6.07) is -1.04. The van der Waals surface area contributed by atoms with E-state index in [0.29, 0.717) is 6.42 Å². The van der Waals surface area contributed by atoms with Crippen LogP contribution in [0, 0.1) is 5.92 Å². The molecule has 0 aliphatic carbocycles. The van der Waals surface area contributed by atoms with Gasteiger partial charge in [0.15, 0.2) is 0 Å². The number of aliphatic carboxylic acids is 1. The fraction of sp³-hybridized carbons (Fsp3) is 0.833. The predicted molar refractivity (Wildman–Crippen MR) is 76.9 cm³/mol. The van der Waals surface area contributed by atoms with Gasteiger partial charge in [0.1, 0.15) is 19.4 Å². The molecule has 4 atom stereocenters. The van der Waals surface area contributed by atoms with Gasteiger partial charge in [-0.1, -0.05) is 12.7 Å². The Labute approximate surface area is 119 Å². The van der Waals surface area contributed by atoms with E-state index < -0.39 is 29.6 Å². The lowest BCUT2D eigenvalue weighted by Crippen LogP contribution is -2.56. The van der Waals surface area contributed by atoms with Crippen molar-refractivity contribution in [3.05, 3.63) is 0 Å².